The summed E-state index contributed by atoms with van der Waals surface area (Å²) in [6.45, 7) is 0.974. The van der Waals surface area contributed by atoms with Crippen LogP contribution in [0.2, 0.25) is 0 Å². The summed E-state index contributed by atoms with van der Waals surface area (Å²) in [5.41, 5.74) is 0. The Kier molecular flexibility index (Phi) is 5.87. The fraction of sp³-hybridized carbons (Fsp3) is 0.846. The Morgan fingerprint density at radius 1 is 1.21 bits per heavy atom. The molecule has 0 radical (unpaired) electrons. The number of thioether (sulfide) groups is 1. The molecular weight excluding hydrogens is 294 g/mol. The molecule has 0 aromatic rings. The lowest BCUT2D eigenvalue weighted by Gasteiger charge is -2.44. The van der Waals surface area contributed by atoms with E-state index in [0.717, 1.165) is 28.2 Å². The van der Waals surface area contributed by atoms with Crippen molar-refractivity contribution in [1.29, 1.82) is 0 Å². The maximum atomic E-state index is 5.74. The van der Waals surface area contributed by atoms with Gasteiger partial charge < -0.3 is 4.90 Å². The molecule has 0 unspecified atom stereocenters. The van der Waals surface area contributed by atoms with Crippen LogP contribution in [0.5, 0.6) is 0 Å². The summed E-state index contributed by atoms with van der Waals surface area (Å²) in [7, 11) is 4.17. The van der Waals surface area contributed by atoms with Gasteiger partial charge in [0.2, 0.25) is 0 Å². The molecule has 19 heavy (non-hydrogen) atoms. The molecule has 2 rings (SSSR count). The normalized spacial score (nSPS) is 21.8. The highest BCUT2D eigenvalue weighted by Crippen LogP contribution is 2.26. The van der Waals surface area contributed by atoms with Gasteiger partial charge in [-0.05, 0) is 31.5 Å². The van der Waals surface area contributed by atoms with E-state index in [-0.39, 0.29) is 0 Å². The standard InChI is InChI=1S/C13H23N3S3/c1-14(2)16(11-7-4-3-5-8-11)12(17)15-9-6-10-19-13(15)18/h11H,3-10H2,1-2H3. The van der Waals surface area contributed by atoms with Crippen molar-refractivity contribution >= 4 is 45.6 Å². The molecule has 0 aromatic heterocycles. The third-order valence-electron chi connectivity index (χ3n) is 3.75. The monoisotopic (exact) mass is 317 g/mol. The first-order chi connectivity index (χ1) is 9.11. The molecule has 3 nitrogen and oxygen atoms in total. The van der Waals surface area contributed by atoms with E-state index in [4.69, 9.17) is 24.4 Å². The van der Waals surface area contributed by atoms with Gasteiger partial charge in [-0.2, -0.15) is 0 Å². The first kappa shape index (κ1) is 15.5. The zero-order chi connectivity index (χ0) is 13.8. The third kappa shape index (κ3) is 3.80. The number of thiocarbonyl (C=S) groups is 2. The highest BCUT2D eigenvalue weighted by Gasteiger charge is 2.30. The zero-order valence-electron chi connectivity index (χ0n) is 11.8. The van der Waals surface area contributed by atoms with Gasteiger partial charge in [0.25, 0.3) is 0 Å². The van der Waals surface area contributed by atoms with E-state index >= 15 is 0 Å². The molecule has 1 saturated heterocycles. The van der Waals surface area contributed by atoms with Crippen molar-refractivity contribution in [3.05, 3.63) is 0 Å². The van der Waals surface area contributed by atoms with Crippen molar-refractivity contribution in [1.82, 2.24) is 14.9 Å². The van der Waals surface area contributed by atoms with Crippen LogP contribution in [0.15, 0.2) is 0 Å². The summed E-state index contributed by atoms with van der Waals surface area (Å²) in [5, 5.41) is 5.32. The van der Waals surface area contributed by atoms with Crippen LogP contribution < -0.4 is 0 Å². The number of hydrogen-bond acceptors (Lipinski definition) is 4. The summed E-state index contributed by atoms with van der Waals surface area (Å²) < 4.78 is 0.943. The predicted octanol–water partition coefficient (Wildman–Crippen LogP) is 3.11. The fourth-order valence-corrected chi connectivity index (χ4v) is 4.65. The van der Waals surface area contributed by atoms with Crippen molar-refractivity contribution < 1.29 is 0 Å². The van der Waals surface area contributed by atoms with Gasteiger partial charge >= 0.3 is 0 Å². The molecule has 0 N–H and O–H groups in total. The molecule has 2 fully saturated rings. The van der Waals surface area contributed by atoms with Crippen LogP contribution in [-0.4, -0.2) is 56.8 Å². The van der Waals surface area contributed by atoms with Crippen LogP contribution in [0.25, 0.3) is 0 Å². The summed E-state index contributed by atoms with van der Waals surface area (Å²) in [5.74, 6) is 1.13. The molecule has 2 aliphatic rings. The SMILES string of the molecule is CN(C)N(C(=S)N1CCCSC1=S)C1CCCCC1. The molecule has 1 aliphatic heterocycles. The molecule has 0 spiro atoms. The minimum atomic E-state index is 0.547. The van der Waals surface area contributed by atoms with Gasteiger partial charge in [-0.25, -0.2) is 5.01 Å². The lowest BCUT2D eigenvalue weighted by molar-refractivity contribution is 0.0375. The second-order valence-corrected chi connectivity index (χ2v) is 7.48. The summed E-state index contributed by atoms with van der Waals surface area (Å²) in [4.78, 5) is 2.15. The van der Waals surface area contributed by atoms with Crippen molar-refractivity contribution in [2.24, 2.45) is 0 Å². The van der Waals surface area contributed by atoms with Gasteiger partial charge in [0.1, 0.15) is 4.32 Å². The third-order valence-corrected chi connectivity index (χ3v) is 5.69. The van der Waals surface area contributed by atoms with E-state index in [9.17, 15) is 0 Å². The van der Waals surface area contributed by atoms with E-state index in [0.29, 0.717) is 6.04 Å². The molecule has 108 valence electrons. The molecule has 0 bridgehead atoms. The average Bonchev–Trinajstić information content (AvgIpc) is 2.40. The Bertz CT molecular complexity index is 340. The number of hydrogen-bond donors (Lipinski definition) is 0. The summed E-state index contributed by atoms with van der Waals surface area (Å²) >= 11 is 13.0. The second kappa shape index (κ2) is 7.20. The largest absolute Gasteiger partial charge is 0.303 e. The van der Waals surface area contributed by atoms with Gasteiger partial charge in [0.05, 0.1) is 0 Å². The maximum absolute atomic E-state index is 5.74. The number of nitrogens with zero attached hydrogens (tertiary/aromatic N) is 3. The topological polar surface area (TPSA) is 9.72 Å². The molecule has 0 amide bonds. The number of hydrazine groups is 1. The highest BCUT2D eigenvalue weighted by molar-refractivity contribution is 8.23. The Labute approximate surface area is 131 Å². The summed E-state index contributed by atoms with van der Waals surface area (Å²) in [6.07, 6.45) is 7.64. The lowest BCUT2D eigenvalue weighted by atomic mass is 9.95. The highest BCUT2D eigenvalue weighted by atomic mass is 32.2. The summed E-state index contributed by atoms with van der Waals surface area (Å²) in [6, 6.07) is 0.547. The van der Waals surface area contributed by atoms with E-state index in [1.54, 1.807) is 11.8 Å². The zero-order valence-corrected chi connectivity index (χ0v) is 14.3. The first-order valence-corrected chi connectivity index (χ1v) is 8.86. The van der Waals surface area contributed by atoms with Crippen molar-refractivity contribution in [2.75, 3.05) is 26.4 Å². The molecule has 0 atom stereocenters. The Morgan fingerprint density at radius 3 is 2.47 bits per heavy atom. The van der Waals surface area contributed by atoms with Crippen LogP contribution >= 0.6 is 36.2 Å². The van der Waals surface area contributed by atoms with Crippen molar-refractivity contribution in [2.45, 2.75) is 44.6 Å². The van der Waals surface area contributed by atoms with Gasteiger partial charge in [-0.3, -0.25) is 5.01 Å². The van der Waals surface area contributed by atoms with E-state index in [2.05, 4.69) is 29.0 Å². The van der Waals surface area contributed by atoms with Crippen molar-refractivity contribution in [3.63, 3.8) is 0 Å². The van der Waals surface area contributed by atoms with Crippen LogP contribution in [0, 0.1) is 0 Å². The second-order valence-electron chi connectivity index (χ2n) is 5.39. The predicted molar refractivity (Wildman–Crippen MR) is 91.4 cm³/mol. The van der Waals surface area contributed by atoms with Crippen LogP contribution in [-0.2, 0) is 0 Å². The van der Waals surface area contributed by atoms with Crippen molar-refractivity contribution in [3.8, 4) is 0 Å². The van der Waals surface area contributed by atoms with Gasteiger partial charge in [-0.1, -0.05) is 43.2 Å². The minimum absolute atomic E-state index is 0.547. The Balaban J connectivity index is 2.08. The number of rotatable bonds is 2. The fourth-order valence-electron chi connectivity index (χ4n) is 2.83. The average molecular weight is 318 g/mol. The van der Waals surface area contributed by atoms with E-state index in [1.807, 2.05) is 0 Å². The molecular formula is C13H23N3S3. The molecule has 1 saturated carbocycles. The quantitative estimate of drug-likeness (QED) is 0.568. The maximum Gasteiger partial charge on any atom is 0.192 e. The molecule has 0 aromatic carbocycles. The van der Waals surface area contributed by atoms with E-state index in [1.165, 1.54) is 32.1 Å². The minimum Gasteiger partial charge on any atom is -0.303 e. The Morgan fingerprint density at radius 2 is 1.89 bits per heavy atom. The first-order valence-electron chi connectivity index (χ1n) is 7.06. The molecule has 1 heterocycles. The molecule has 6 heteroatoms. The van der Waals surface area contributed by atoms with Gasteiger partial charge in [0, 0.05) is 32.4 Å². The van der Waals surface area contributed by atoms with E-state index < -0.39 is 0 Å². The van der Waals surface area contributed by atoms with Crippen LogP contribution in [0.1, 0.15) is 38.5 Å². The molecule has 1 aliphatic carbocycles. The van der Waals surface area contributed by atoms with Gasteiger partial charge in [0.15, 0.2) is 5.11 Å². The Hall–Kier alpha value is 0.0900. The van der Waals surface area contributed by atoms with Crippen LogP contribution in [0.3, 0.4) is 0 Å². The smallest absolute Gasteiger partial charge is 0.192 e. The van der Waals surface area contributed by atoms with Crippen LogP contribution in [0.4, 0.5) is 0 Å². The van der Waals surface area contributed by atoms with Gasteiger partial charge in [-0.15, -0.1) is 0 Å². The lowest BCUT2D eigenvalue weighted by Crippen LogP contribution is -2.56.